The molecule has 2 aromatic carbocycles. The lowest BCUT2D eigenvalue weighted by Gasteiger charge is -2.30. The molecule has 0 N–H and O–H groups in total. The first-order valence-electron chi connectivity index (χ1n) is 9.44. The van der Waals surface area contributed by atoms with E-state index in [1.807, 2.05) is 30.3 Å². The van der Waals surface area contributed by atoms with Crippen LogP contribution in [0.1, 0.15) is 25.3 Å². The van der Waals surface area contributed by atoms with Crippen molar-refractivity contribution < 1.29 is 17.9 Å². The highest BCUT2D eigenvalue weighted by Crippen LogP contribution is 2.27. The van der Waals surface area contributed by atoms with Gasteiger partial charge in [-0.05, 0) is 49.6 Å². The van der Waals surface area contributed by atoms with Crippen molar-refractivity contribution in [3.05, 3.63) is 60.2 Å². The molecule has 1 aliphatic heterocycles. The van der Waals surface area contributed by atoms with E-state index in [1.54, 1.807) is 30.8 Å². The molecule has 1 aliphatic rings. The Bertz CT molecular complexity index is 882. The minimum atomic E-state index is -3.61. The van der Waals surface area contributed by atoms with Gasteiger partial charge in [0, 0.05) is 23.7 Å². The molecule has 0 bridgehead atoms. The molecule has 7 heteroatoms. The molecule has 5 nitrogen and oxygen atoms in total. The van der Waals surface area contributed by atoms with Gasteiger partial charge in [0.15, 0.2) is 0 Å². The van der Waals surface area contributed by atoms with Gasteiger partial charge in [0.25, 0.3) is 0 Å². The summed E-state index contributed by atoms with van der Waals surface area (Å²) < 4.78 is 32.4. The van der Waals surface area contributed by atoms with E-state index in [-0.39, 0.29) is 23.3 Å². The normalized spacial score (nSPS) is 18.0. The fraction of sp³-hybridized carbons (Fsp3) is 0.381. The molecule has 1 atom stereocenters. The van der Waals surface area contributed by atoms with Crippen molar-refractivity contribution >= 4 is 27.8 Å². The fourth-order valence-electron chi connectivity index (χ4n) is 3.21. The summed E-state index contributed by atoms with van der Waals surface area (Å²) in [4.78, 5) is 13.3. The molecule has 0 saturated carbocycles. The molecule has 1 fully saturated rings. The number of ether oxygens (including phenoxy) is 1. The van der Waals surface area contributed by atoms with E-state index < -0.39 is 10.0 Å². The van der Waals surface area contributed by atoms with Gasteiger partial charge in [0.2, 0.25) is 10.0 Å². The Morgan fingerprint density at radius 2 is 1.86 bits per heavy atom. The standard InChI is InChI=1S/C21H25NO4S2/c1-2-26-21(23)18-9-6-14-22(15-18)28(24,25)20-12-10-19(11-13-20)27-16-17-7-4-3-5-8-17/h3-5,7-8,10-13,18H,2,6,9,14-16H2,1H3/t18-/m1/s1. The number of piperidine rings is 1. The third-order valence-corrected chi connectivity index (χ3v) is 7.68. The van der Waals surface area contributed by atoms with E-state index in [9.17, 15) is 13.2 Å². The van der Waals surface area contributed by atoms with Crippen molar-refractivity contribution in [2.45, 2.75) is 35.3 Å². The van der Waals surface area contributed by atoms with Crippen LogP contribution >= 0.6 is 11.8 Å². The molecular weight excluding hydrogens is 394 g/mol. The molecule has 0 aliphatic carbocycles. The number of rotatable bonds is 7. The first-order valence-corrected chi connectivity index (χ1v) is 11.9. The number of hydrogen-bond acceptors (Lipinski definition) is 5. The Hall–Kier alpha value is -1.83. The van der Waals surface area contributed by atoms with Gasteiger partial charge in [-0.15, -0.1) is 11.8 Å². The van der Waals surface area contributed by atoms with Crippen molar-refractivity contribution in [2.75, 3.05) is 19.7 Å². The smallest absolute Gasteiger partial charge is 0.310 e. The molecule has 3 rings (SSSR count). The summed E-state index contributed by atoms with van der Waals surface area (Å²) in [5.41, 5.74) is 1.22. The number of carbonyl (C=O) groups is 1. The lowest BCUT2D eigenvalue weighted by Crippen LogP contribution is -2.42. The maximum atomic E-state index is 13.0. The Balaban J connectivity index is 1.65. The largest absolute Gasteiger partial charge is 0.466 e. The third kappa shape index (κ3) is 5.16. The van der Waals surface area contributed by atoms with Gasteiger partial charge < -0.3 is 4.74 Å². The SMILES string of the molecule is CCOC(=O)[C@@H]1CCCN(S(=O)(=O)c2ccc(SCc3ccccc3)cc2)C1. The zero-order chi connectivity index (χ0) is 20.0. The van der Waals surface area contributed by atoms with Crippen LogP contribution in [0.25, 0.3) is 0 Å². The van der Waals surface area contributed by atoms with Crippen molar-refractivity contribution in [3.63, 3.8) is 0 Å². The van der Waals surface area contributed by atoms with Gasteiger partial charge in [-0.1, -0.05) is 30.3 Å². The summed E-state index contributed by atoms with van der Waals surface area (Å²) in [6, 6.07) is 17.1. The van der Waals surface area contributed by atoms with E-state index in [0.717, 1.165) is 10.6 Å². The first kappa shape index (κ1) is 20.9. The minimum absolute atomic E-state index is 0.186. The highest BCUT2D eigenvalue weighted by molar-refractivity contribution is 7.98. The van der Waals surface area contributed by atoms with Crippen molar-refractivity contribution in [1.29, 1.82) is 0 Å². The van der Waals surface area contributed by atoms with E-state index in [2.05, 4.69) is 12.1 Å². The molecule has 1 saturated heterocycles. The second kappa shape index (κ2) is 9.58. The molecule has 0 spiro atoms. The lowest BCUT2D eigenvalue weighted by molar-refractivity contribution is -0.149. The highest BCUT2D eigenvalue weighted by atomic mass is 32.2. The van der Waals surface area contributed by atoms with Gasteiger partial charge in [-0.3, -0.25) is 4.79 Å². The topological polar surface area (TPSA) is 63.7 Å². The molecule has 28 heavy (non-hydrogen) atoms. The van der Waals surface area contributed by atoms with Crippen molar-refractivity contribution in [3.8, 4) is 0 Å². The fourth-order valence-corrected chi connectivity index (χ4v) is 5.59. The Labute approximate surface area is 171 Å². The summed E-state index contributed by atoms with van der Waals surface area (Å²) >= 11 is 1.67. The predicted molar refractivity (Wildman–Crippen MR) is 111 cm³/mol. The van der Waals surface area contributed by atoms with Crippen LogP contribution < -0.4 is 0 Å². The molecule has 2 aromatic rings. The Morgan fingerprint density at radius 3 is 2.54 bits per heavy atom. The molecule has 150 valence electrons. The summed E-state index contributed by atoms with van der Waals surface area (Å²) in [6.07, 6.45) is 1.33. The minimum Gasteiger partial charge on any atom is -0.466 e. The quantitative estimate of drug-likeness (QED) is 0.502. The summed E-state index contributed by atoms with van der Waals surface area (Å²) in [5.74, 6) is 0.138. The zero-order valence-corrected chi connectivity index (χ0v) is 17.5. The van der Waals surface area contributed by atoms with Crippen LogP contribution in [0.3, 0.4) is 0 Å². The van der Waals surface area contributed by atoms with Gasteiger partial charge in [-0.25, -0.2) is 8.42 Å². The van der Waals surface area contributed by atoms with E-state index >= 15 is 0 Å². The monoisotopic (exact) mass is 419 g/mol. The summed E-state index contributed by atoms with van der Waals surface area (Å²) in [7, 11) is -3.61. The van der Waals surface area contributed by atoms with Crippen LogP contribution in [0.5, 0.6) is 0 Å². The molecular formula is C21H25NO4S2. The Kier molecular flexibility index (Phi) is 7.15. The maximum absolute atomic E-state index is 13.0. The van der Waals surface area contributed by atoms with Crippen LogP contribution in [-0.2, 0) is 25.3 Å². The van der Waals surface area contributed by atoms with Gasteiger partial charge in [0.1, 0.15) is 0 Å². The molecule has 0 amide bonds. The second-order valence-electron chi connectivity index (χ2n) is 6.70. The maximum Gasteiger partial charge on any atom is 0.310 e. The number of hydrogen-bond donors (Lipinski definition) is 0. The number of sulfonamides is 1. The van der Waals surface area contributed by atoms with Crippen LogP contribution in [0.4, 0.5) is 0 Å². The van der Waals surface area contributed by atoms with Gasteiger partial charge in [-0.2, -0.15) is 4.31 Å². The second-order valence-corrected chi connectivity index (χ2v) is 9.69. The van der Waals surface area contributed by atoms with E-state index in [0.29, 0.717) is 26.0 Å². The van der Waals surface area contributed by atoms with E-state index in [1.165, 1.54) is 9.87 Å². The molecule has 0 unspecified atom stereocenters. The number of benzene rings is 2. The number of thioether (sulfide) groups is 1. The van der Waals surface area contributed by atoms with Gasteiger partial charge in [0.05, 0.1) is 17.4 Å². The molecule has 0 radical (unpaired) electrons. The highest BCUT2D eigenvalue weighted by Gasteiger charge is 2.33. The third-order valence-electron chi connectivity index (χ3n) is 4.71. The number of esters is 1. The van der Waals surface area contributed by atoms with Crippen molar-refractivity contribution in [2.24, 2.45) is 5.92 Å². The average Bonchev–Trinajstić information content (AvgIpc) is 2.73. The van der Waals surface area contributed by atoms with Crippen molar-refractivity contribution in [1.82, 2.24) is 4.31 Å². The van der Waals surface area contributed by atoms with Gasteiger partial charge >= 0.3 is 5.97 Å². The summed E-state index contributed by atoms with van der Waals surface area (Å²) in [5, 5.41) is 0. The lowest BCUT2D eigenvalue weighted by atomic mass is 10.0. The zero-order valence-electron chi connectivity index (χ0n) is 15.9. The van der Waals surface area contributed by atoms with Crippen LogP contribution in [-0.4, -0.2) is 38.4 Å². The number of nitrogens with zero attached hydrogens (tertiary/aromatic N) is 1. The average molecular weight is 420 g/mol. The first-order chi connectivity index (χ1) is 13.5. The Morgan fingerprint density at radius 1 is 1.14 bits per heavy atom. The predicted octanol–water partition coefficient (Wildman–Crippen LogP) is 3.94. The summed E-state index contributed by atoms with van der Waals surface area (Å²) in [6.45, 7) is 2.69. The molecule has 0 aromatic heterocycles. The van der Waals surface area contributed by atoms with Crippen LogP contribution in [0.15, 0.2) is 64.4 Å². The van der Waals surface area contributed by atoms with E-state index in [4.69, 9.17) is 4.74 Å². The number of carbonyl (C=O) groups excluding carboxylic acids is 1. The van der Waals surface area contributed by atoms with Crippen LogP contribution in [0, 0.1) is 5.92 Å². The van der Waals surface area contributed by atoms with Crippen LogP contribution in [0.2, 0.25) is 0 Å². The molecule has 1 heterocycles.